The molecule has 0 spiro atoms. The van der Waals surface area contributed by atoms with Gasteiger partial charge in [-0.05, 0) is 25.7 Å². The second-order valence-corrected chi connectivity index (χ2v) is 8.91. The van der Waals surface area contributed by atoms with E-state index in [1.54, 1.807) is 4.90 Å². The molecule has 2 fully saturated rings. The van der Waals surface area contributed by atoms with Gasteiger partial charge in [0.1, 0.15) is 0 Å². The fourth-order valence-corrected chi connectivity index (χ4v) is 4.33. The van der Waals surface area contributed by atoms with Crippen LogP contribution < -0.4 is 10.6 Å². The molecule has 7 heteroatoms. The van der Waals surface area contributed by atoms with Gasteiger partial charge in [-0.25, -0.2) is 0 Å². The second kappa shape index (κ2) is 11.0. The number of carbonyl (C=O) groups is 1. The fraction of sp³-hybridized carbons (Fsp3) is 0.905. The third kappa shape index (κ3) is 6.62. The van der Waals surface area contributed by atoms with Gasteiger partial charge in [0.15, 0.2) is 5.96 Å². The molecule has 162 valence electrons. The summed E-state index contributed by atoms with van der Waals surface area (Å²) in [7, 11) is 3.69. The molecule has 2 aliphatic rings. The van der Waals surface area contributed by atoms with Gasteiger partial charge in [-0.15, -0.1) is 0 Å². The number of hydrogen-bond donors (Lipinski definition) is 2. The minimum absolute atomic E-state index is 0.167. The Hall–Kier alpha value is -1.34. The van der Waals surface area contributed by atoms with E-state index >= 15 is 0 Å². The van der Waals surface area contributed by atoms with Crippen LogP contribution in [0, 0.1) is 11.3 Å². The van der Waals surface area contributed by atoms with E-state index in [9.17, 15) is 4.79 Å². The quantitative estimate of drug-likeness (QED) is 0.482. The average Bonchev–Trinajstić information content (AvgIpc) is 3.13. The number of amides is 1. The average molecular weight is 396 g/mol. The highest BCUT2D eigenvalue weighted by atomic mass is 16.5. The monoisotopic (exact) mass is 395 g/mol. The smallest absolute Gasteiger partial charge is 0.230 e. The van der Waals surface area contributed by atoms with E-state index in [4.69, 9.17) is 9.73 Å². The molecule has 7 nitrogen and oxygen atoms in total. The first-order valence-electron chi connectivity index (χ1n) is 10.9. The largest absolute Gasteiger partial charge is 0.374 e. The van der Waals surface area contributed by atoms with E-state index in [0.29, 0.717) is 12.5 Å². The van der Waals surface area contributed by atoms with Crippen LogP contribution in [0.5, 0.6) is 0 Å². The molecule has 0 aromatic rings. The van der Waals surface area contributed by atoms with Crippen molar-refractivity contribution in [1.29, 1.82) is 0 Å². The van der Waals surface area contributed by atoms with Crippen LogP contribution in [-0.2, 0) is 9.53 Å². The number of guanidine groups is 1. The van der Waals surface area contributed by atoms with Crippen molar-refractivity contribution in [3.63, 3.8) is 0 Å². The number of aliphatic imine (C=N–C) groups is 1. The summed E-state index contributed by atoms with van der Waals surface area (Å²) in [5.74, 6) is 1.66. The lowest BCUT2D eigenvalue weighted by atomic mass is 9.85. The van der Waals surface area contributed by atoms with E-state index in [0.717, 1.165) is 71.0 Å². The number of morpholine rings is 1. The van der Waals surface area contributed by atoms with Gasteiger partial charge in [0.25, 0.3) is 0 Å². The summed E-state index contributed by atoms with van der Waals surface area (Å²) in [6, 6.07) is 0. The third-order valence-corrected chi connectivity index (χ3v) is 5.65. The van der Waals surface area contributed by atoms with Crippen molar-refractivity contribution in [2.75, 3.05) is 60.0 Å². The van der Waals surface area contributed by atoms with Gasteiger partial charge in [-0.1, -0.05) is 26.7 Å². The Bertz CT molecular complexity index is 515. The Morgan fingerprint density at radius 1 is 1.29 bits per heavy atom. The predicted octanol–water partition coefficient (Wildman–Crippen LogP) is 1.55. The SMILES string of the molecule is CCNC(=NCC1(C(=O)N(C)C)CCCC1)NCC1CN(CC(C)C)CCO1. The first kappa shape index (κ1) is 22.9. The van der Waals surface area contributed by atoms with Gasteiger partial charge in [0.2, 0.25) is 5.91 Å². The summed E-state index contributed by atoms with van der Waals surface area (Å²) in [5.41, 5.74) is -0.332. The highest BCUT2D eigenvalue weighted by molar-refractivity contribution is 5.84. The molecular formula is C21H41N5O2. The van der Waals surface area contributed by atoms with Gasteiger partial charge >= 0.3 is 0 Å². The van der Waals surface area contributed by atoms with Crippen molar-refractivity contribution in [1.82, 2.24) is 20.4 Å². The van der Waals surface area contributed by atoms with Crippen LogP contribution in [-0.4, -0.2) is 87.7 Å². The van der Waals surface area contributed by atoms with Crippen LogP contribution in [0.3, 0.4) is 0 Å². The zero-order valence-corrected chi connectivity index (χ0v) is 18.6. The zero-order chi connectivity index (χ0) is 20.6. The molecule has 1 saturated carbocycles. The molecule has 1 unspecified atom stereocenters. The Balaban J connectivity index is 1.93. The van der Waals surface area contributed by atoms with Crippen LogP contribution in [0.15, 0.2) is 4.99 Å². The Labute approximate surface area is 171 Å². The molecular weight excluding hydrogens is 354 g/mol. The van der Waals surface area contributed by atoms with E-state index in [2.05, 4.69) is 36.3 Å². The number of hydrogen-bond acceptors (Lipinski definition) is 4. The van der Waals surface area contributed by atoms with Crippen molar-refractivity contribution in [2.45, 2.75) is 52.6 Å². The summed E-state index contributed by atoms with van der Waals surface area (Å²) in [4.78, 5) is 21.8. The molecule has 0 aromatic carbocycles. The number of carbonyl (C=O) groups excluding carboxylic acids is 1. The fourth-order valence-electron chi connectivity index (χ4n) is 4.33. The lowest BCUT2D eigenvalue weighted by Gasteiger charge is -2.34. The van der Waals surface area contributed by atoms with Crippen LogP contribution in [0.2, 0.25) is 0 Å². The molecule has 1 aliphatic heterocycles. The van der Waals surface area contributed by atoms with E-state index < -0.39 is 0 Å². The minimum Gasteiger partial charge on any atom is -0.374 e. The summed E-state index contributed by atoms with van der Waals surface area (Å²) in [6.07, 6.45) is 4.26. The van der Waals surface area contributed by atoms with Crippen molar-refractivity contribution in [3.8, 4) is 0 Å². The number of rotatable bonds is 8. The minimum atomic E-state index is -0.332. The zero-order valence-electron chi connectivity index (χ0n) is 18.6. The third-order valence-electron chi connectivity index (χ3n) is 5.65. The number of ether oxygens (including phenoxy) is 1. The van der Waals surface area contributed by atoms with Gasteiger partial charge in [0.05, 0.1) is 24.7 Å². The molecule has 1 aliphatic carbocycles. The Morgan fingerprint density at radius 2 is 2.00 bits per heavy atom. The van der Waals surface area contributed by atoms with Gasteiger partial charge in [-0.3, -0.25) is 14.7 Å². The van der Waals surface area contributed by atoms with Crippen LogP contribution in [0.25, 0.3) is 0 Å². The van der Waals surface area contributed by atoms with Crippen LogP contribution in [0.1, 0.15) is 46.5 Å². The van der Waals surface area contributed by atoms with Gasteiger partial charge in [0, 0.05) is 46.8 Å². The molecule has 0 bridgehead atoms. The van der Waals surface area contributed by atoms with Gasteiger partial charge in [-0.2, -0.15) is 0 Å². The molecule has 1 amide bonds. The summed E-state index contributed by atoms with van der Waals surface area (Å²) in [5, 5.41) is 6.76. The second-order valence-electron chi connectivity index (χ2n) is 8.91. The first-order chi connectivity index (χ1) is 13.4. The maximum Gasteiger partial charge on any atom is 0.230 e. The summed E-state index contributed by atoms with van der Waals surface area (Å²) < 4.78 is 5.94. The number of nitrogens with zero attached hydrogens (tertiary/aromatic N) is 3. The topological polar surface area (TPSA) is 69.2 Å². The molecule has 1 heterocycles. The van der Waals surface area contributed by atoms with E-state index in [1.807, 2.05) is 14.1 Å². The van der Waals surface area contributed by atoms with Crippen molar-refractivity contribution in [2.24, 2.45) is 16.3 Å². The first-order valence-corrected chi connectivity index (χ1v) is 10.9. The Kier molecular flexibility index (Phi) is 9.02. The predicted molar refractivity (Wildman–Crippen MR) is 115 cm³/mol. The highest BCUT2D eigenvalue weighted by Gasteiger charge is 2.42. The van der Waals surface area contributed by atoms with E-state index in [-0.39, 0.29) is 17.4 Å². The molecule has 2 rings (SSSR count). The Morgan fingerprint density at radius 3 is 2.61 bits per heavy atom. The standard InChI is InChI=1S/C21H41N5O2/c1-6-22-20(23-13-18-15-26(11-12-28-18)14-17(2)3)24-16-21(9-7-8-10-21)19(27)25(4)5/h17-18H,6-16H2,1-5H3,(H2,22,23,24). The van der Waals surface area contributed by atoms with Crippen LogP contribution in [0.4, 0.5) is 0 Å². The van der Waals surface area contributed by atoms with Crippen LogP contribution >= 0.6 is 0 Å². The van der Waals surface area contributed by atoms with Gasteiger partial charge < -0.3 is 20.3 Å². The number of nitrogens with one attached hydrogen (secondary N) is 2. The van der Waals surface area contributed by atoms with Crippen molar-refractivity contribution < 1.29 is 9.53 Å². The molecule has 28 heavy (non-hydrogen) atoms. The molecule has 0 radical (unpaired) electrons. The molecule has 2 N–H and O–H groups in total. The summed E-state index contributed by atoms with van der Waals surface area (Å²) in [6.45, 7) is 12.5. The molecule has 1 atom stereocenters. The lowest BCUT2D eigenvalue weighted by Crippen LogP contribution is -2.50. The van der Waals surface area contributed by atoms with Crippen molar-refractivity contribution >= 4 is 11.9 Å². The maximum absolute atomic E-state index is 12.8. The maximum atomic E-state index is 12.8. The molecule has 0 aromatic heterocycles. The lowest BCUT2D eigenvalue weighted by molar-refractivity contribution is -0.138. The molecule has 1 saturated heterocycles. The summed E-state index contributed by atoms with van der Waals surface area (Å²) >= 11 is 0. The van der Waals surface area contributed by atoms with E-state index in [1.165, 1.54) is 0 Å². The normalized spacial score (nSPS) is 23.1. The van der Waals surface area contributed by atoms with Crippen molar-refractivity contribution in [3.05, 3.63) is 0 Å². The highest BCUT2D eigenvalue weighted by Crippen LogP contribution is 2.39.